The number of likely N-dealkylation sites (N-methyl/N-ethyl adjacent to an activating group) is 1. The van der Waals surface area contributed by atoms with Crippen LogP contribution < -0.4 is 10.6 Å². The number of guanidine groups is 1. The van der Waals surface area contributed by atoms with E-state index in [2.05, 4.69) is 74.5 Å². The first-order chi connectivity index (χ1) is 12.8. The first-order valence-corrected chi connectivity index (χ1v) is 9.75. The van der Waals surface area contributed by atoms with Crippen LogP contribution in [0.5, 0.6) is 0 Å². The van der Waals surface area contributed by atoms with E-state index < -0.39 is 0 Å². The summed E-state index contributed by atoms with van der Waals surface area (Å²) in [5.74, 6) is 0.790. The second-order valence-corrected chi connectivity index (χ2v) is 8.54. The molecule has 1 aliphatic heterocycles. The molecule has 0 aliphatic carbocycles. The first kappa shape index (κ1) is 19.4. The second-order valence-electron chi connectivity index (χ2n) is 8.54. The summed E-state index contributed by atoms with van der Waals surface area (Å²) in [6.45, 7) is 9.23. The molecular weight excluding hydrogens is 332 g/mol. The minimum Gasteiger partial charge on any atom is -0.326 e. The van der Waals surface area contributed by atoms with Crippen molar-refractivity contribution >= 4 is 17.3 Å². The largest absolute Gasteiger partial charge is 0.326 e. The Kier molecular flexibility index (Phi) is 5.56. The van der Waals surface area contributed by atoms with Gasteiger partial charge in [0.1, 0.15) is 0 Å². The molecule has 2 aromatic carbocycles. The highest BCUT2D eigenvalue weighted by Gasteiger charge is 2.45. The molecule has 4 nitrogen and oxygen atoms in total. The second kappa shape index (κ2) is 7.73. The number of hydrogen-bond acceptors (Lipinski definition) is 2. The summed E-state index contributed by atoms with van der Waals surface area (Å²) >= 11 is 0. The maximum absolute atomic E-state index is 5.15. The van der Waals surface area contributed by atoms with Crippen molar-refractivity contribution in [3.05, 3.63) is 60.7 Å². The molecule has 0 saturated carbocycles. The third kappa shape index (κ3) is 4.51. The molecule has 0 bridgehead atoms. The molecular formula is C23H32N4. The van der Waals surface area contributed by atoms with E-state index in [4.69, 9.17) is 4.99 Å². The van der Waals surface area contributed by atoms with Crippen LogP contribution in [0.4, 0.5) is 11.4 Å². The molecule has 0 amide bonds. The van der Waals surface area contributed by atoms with Gasteiger partial charge >= 0.3 is 0 Å². The molecule has 4 heteroatoms. The predicted octanol–water partition coefficient (Wildman–Crippen LogP) is 5.22. The van der Waals surface area contributed by atoms with Crippen molar-refractivity contribution in [1.82, 2.24) is 4.90 Å². The van der Waals surface area contributed by atoms with Crippen LogP contribution in [0.1, 0.15) is 40.5 Å². The number of nitrogens with one attached hydrogen (secondary N) is 2. The van der Waals surface area contributed by atoms with Crippen molar-refractivity contribution in [3.8, 4) is 0 Å². The molecule has 1 unspecified atom stereocenters. The highest BCUT2D eigenvalue weighted by Crippen LogP contribution is 2.38. The molecule has 2 N–H and O–H groups in total. The smallest absolute Gasteiger partial charge is 0.200 e. The molecule has 1 fully saturated rings. The predicted molar refractivity (Wildman–Crippen MR) is 117 cm³/mol. The van der Waals surface area contributed by atoms with Crippen molar-refractivity contribution in [2.24, 2.45) is 4.99 Å². The van der Waals surface area contributed by atoms with Crippen molar-refractivity contribution in [2.45, 2.75) is 57.7 Å². The SMILES string of the molecule is CN1C(C)(C)CCC(N=C(Nc2ccccc2)Nc2ccccc2)C1(C)C. The zero-order valence-corrected chi connectivity index (χ0v) is 17.2. The molecule has 1 atom stereocenters. The molecule has 27 heavy (non-hydrogen) atoms. The molecule has 1 aliphatic rings. The van der Waals surface area contributed by atoms with Crippen LogP contribution >= 0.6 is 0 Å². The summed E-state index contributed by atoms with van der Waals surface area (Å²) in [6.07, 6.45) is 2.20. The first-order valence-electron chi connectivity index (χ1n) is 9.75. The fourth-order valence-corrected chi connectivity index (χ4v) is 3.81. The van der Waals surface area contributed by atoms with E-state index in [-0.39, 0.29) is 17.1 Å². The summed E-state index contributed by atoms with van der Waals surface area (Å²) in [7, 11) is 2.22. The molecule has 2 aromatic rings. The molecule has 0 spiro atoms. The van der Waals surface area contributed by atoms with E-state index in [1.807, 2.05) is 36.4 Å². The van der Waals surface area contributed by atoms with Crippen LogP contribution in [-0.2, 0) is 0 Å². The third-order valence-corrected chi connectivity index (χ3v) is 5.98. The van der Waals surface area contributed by atoms with Crippen LogP contribution in [0.2, 0.25) is 0 Å². The Balaban J connectivity index is 1.89. The van der Waals surface area contributed by atoms with E-state index in [0.29, 0.717) is 0 Å². The van der Waals surface area contributed by atoms with Gasteiger partial charge in [-0.1, -0.05) is 36.4 Å². The number of para-hydroxylation sites is 2. The van der Waals surface area contributed by atoms with E-state index in [1.165, 1.54) is 0 Å². The topological polar surface area (TPSA) is 39.7 Å². The lowest BCUT2D eigenvalue weighted by Crippen LogP contribution is -2.62. The zero-order chi connectivity index (χ0) is 19.5. The number of anilines is 2. The van der Waals surface area contributed by atoms with Gasteiger partial charge in [-0.2, -0.15) is 0 Å². The van der Waals surface area contributed by atoms with Crippen LogP contribution in [-0.4, -0.2) is 35.0 Å². The Morgan fingerprint density at radius 2 is 1.37 bits per heavy atom. The maximum atomic E-state index is 5.15. The Hall–Kier alpha value is -2.33. The van der Waals surface area contributed by atoms with E-state index in [1.54, 1.807) is 0 Å². The summed E-state index contributed by atoms with van der Waals surface area (Å²) in [4.78, 5) is 7.62. The summed E-state index contributed by atoms with van der Waals surface area (Å²) in [5, 5.41) is 6.94. The highest BCUT2D eigenvalue weighted by atomic mass is 15.3. The van der Waals surface area contributed by atoms with Crippen LogP contribution in [0.15, 0.2) is 65.7 Å². The van der Waals surface area contributed by atoms with Gasteiger partial charge in [-0.15, -0.1) is 0 Å². The van der Waals surface area contributed by atoms with Gasteiger partial charge in [-0.25, -0.2) is 4.99 Å². The fourth-order valence-electron chi connectivity index (χ4n) is 3.81. The molecule has 1 saturated heterocycles. The van der Waals surface area contributed by atoms with Crippen molar-refractivity contribution in [2.75, 3.05) is 17.7 Å². The number of rotatable bonds is 3. The Labute approximate surface area is 163 Å². The number of nitrogens with zero attached hydrogens (tertiary/aromatic N) is 2. The lowest BCUT2D eigenvalue weighted by atomic mass is 9.77. The van der Waals surface area contributed by atoms with Gasteiger partial charge in [0.25, 0.3) is 0 Å². The highest BCUT2D eigenvalue weighted by molar-refractivity contribution is 6.03. The molecule has 1 heterocycles. The lowest BCUT2D eigenvalue weighted by Gasteiger charge is -2.53. The standard InChI is InChI=1S/C23H32N4/c1-22(2)17-16-20(23(3,4)27(22)5)26-21(24-18-12-8-6-9-13-18)25-19-14-10-7-11-15-19/h6-15,20H,16-17H2,1-5H3,(H2,24,25,26). The lowest BCUT2D eigenvalue weighted by molar-refractivity contribution is -0.0156. The average molecular weight is 365 g/mol. The van der Waals surface area contributed by atoms with Gasteiger partial charge in [0.2, 0.25) is 5.96 Å². The molecule has 0 aromatic heterocycles. The van der Waals surface area contributed by atoms with E-state index >= 15 is 0 Å². The number of aliphatic imine (C=N–C) groups is 1. The van der Waals surface area contributed by atoms with Crippen molar-refractivity contribution in [3.63, 3.8) is 0 Å². The Morgan fingerprint density at radius 3 is 1.85 bits per heavy atom. The minimum atomic E-state index is -0.0241. The summed E-state index contributed by atoms with van der Waals surface area (Å²) in [5.41, 5.74) is 2.23. The molecule has 0 radical (unpaired) electrons. The summed E-state index contributed by atoms with van der Waals surface area (Å²) < 4.78 is 0. The Morgan fingerprint density at radius 1 is 0.889 bits per heavy atom. The van der Waals surface area contributed by atoms with Crippen LogP contribution in [0.3, 0.4) is 0 Å². The molecule has 3 rings (SSSR count). The van der Waals surface area contributed by atoms with Crippen LogP contribution in [0, 0.1) is 0 Å². The van der Waals surface area contributed by atoms with Crippen molar-refractivity contribution < 1.29 is 0 Å². The zero-order valence-electron chi connectivity index (χ0n) is 17.2. The monoisotopic (exact) mass is 364 g/mol. The fraction of sp³-hybridized carbons (Fsp3) is 0.435. The summed E-state index contributed by atoms with van der Waals surface area (Å²) in [6, 6.07) is 20.6. The maximum Gasteiger partial charge on any atom is 0.200 e. The number of piperidine rings is 1. The van der Waals surface area contributed by atoms with Gasteiger partial charge in [0.05, 0.1) is 6.04 Å². The van der Waals surface area contributed by atoms with Gasteiger partial charge in [-0.3, -0.25) is 4.90 Å². The van der Waals surface area contributed by atoms with Gasteiger partial charge in [0.15, 0.2) is 0 Å². The van der Waals surface area contributed by atoms with Gasteiger partial charge in [0, 0.05) is 22.5 Å². The van der Waals surface area contributed by atoms with Gasteiger partial charge in [-0.05, 0) is 71.8 Å². The Bertz CT molecular complexity index is 722. The molecule has 144 valence electrons. The number of hydrogen-bond donors (Lipinski definition) is 2. The van der Waals surface area contributed by atoms with Gasteiger partial charge < -0.3 is 10.6 Å². The minimum absolute atomic E-state index is 0.0241. The van der Waals surface area contributed by atoms with Crippen molar-refractivity contribution in [1.29, 1.82) is 0 Å². The quantitative estimate of drug-likeness (QED) is 0.579. The van der Waals surface area contributed by atoms with Crippen LogP contribution in [0.25, 0.3) is 0 Å². The van der Waals surface area contributed by atoms with E-state index in [0.717, 1.165) is 30.2 Å². The van der Waals surface area contributed by atoms with E-state index in [9.17, 15) is 0 Å². The number of likely N-dealkylation sites (tertiary alicyclic amines) is 1. The third-order valence-electron chi connectivity index (χ3n) is 5.98. The number of benzene rings is 2. The normalized spacial score (nSPS) is 21.3. The average Bonchev–Trinajstić information content (AvgIpc) is 2.65.